The van der Waals surface area contributed by atoms with Gasteiger partial charge in [-0.25, -0.2) is 4.58 Å². The predicted octanol–water partition coefficient (Wildman–Crippen LogP) is 13.9. The zero-order valence-corrected chi connectivity index (χ0v) is 56.3. The van der Waals surface area contributed by atoms with Crippen LogP contribution in [0.5, 0.6) is 0 Å². The number of allylic oxidation sites excluding steroid dienone is 6. The third kappa shape index (κ3) is 9.95. The summed E-state index contributed by atoms with van der Waals surface area (Å²) in [6, 6.07) is 23.4. The fourth-order valence-electron chi connectivity index (χ4n) is 20.4. The number of hydrogen-bond acceptors (Lipinski definition) is 10. The lowest BCUT2D eigenvalue weighted by atomic mass is 9.33. The summed E-state index contributed by atoms with van der Waals surface area (Å²) in [4.78, 5) is 76.2. The first-order valence-corrected chi connectivity index (χ1v) is 34.1. The minimum absolute atomic E-state index is 0.00407. The standard InChI is InChI=1S/C77H99N4O9/c1-15-79(16-2)53-29-30-56-61(44-53)90-68-52(28-33-65-72(8,9)58-26-19-20-27-60(58)78(65)14)22-21-25-57(68)66(56)54-23-17-18-24-55(54)70(85)80-40-42-81(43-41-80)71(86)77-37-34-47(3)48(4)67(77)59-31-32-64-73(10)45-62(88-50(6)83)69(89-51(7)84)74(11,46-87-49(5)82)63(73)35-36-76(64,13)75(59,12)38-39-77/h17-20,23-24,26-31,33,44,47-48,62-64,67,69H,15-16,21-22,25,32,34-43,45-46H2,1-14H3/q+1/t47-,48+,62-,63-,64-,67+,69+,73+,74+,75-,76-,77+/m1/s1. The second-order valence-electron chi connectivity index (χ2n) is 30.0. The van der Waals surface area contributed by atoms with Gasteiger partial charge in [-0.15, -0.1) is 0 Å². The third-order valence-electron chi connectivity index (χ3n) is 25.3. The minimum atomic E-state index is -0.820. The van der Waals surface area contributed by atoms with E-state index in [1.54, 1.807) is 0 Å². The van der Waals surface area contributed by atoms with Crippen molar-refractivity contribution >= 4 is 41.0 Å². The predicted molar refractivity (Wildman–Crippen MR) is 353 cm³/mol. The van der Waals surface area contributed by atoms with Crippen molar-refractivity contribution in [2.75, 3.05) is 57.8 Å². The Bertz CT molecular complexity index is 3690. The molecule has 3 heterocycles. The van der Waals surface area contributed by atoms with Crippen molar-refractivity contribution in [3.8, 4) is 22.5 Å². The molecule has 0 N–H and O–H groups in total. The molecule has 0 spiro atoms. The Balaban J connectivity index is 0.840. The highest BCUT2D eigenvalue weighted by Gasteiger charge is 2.72. The van der Waals surface area contributed by atoms with E-state index in [2.05, 4.69) is 163 Å². The fourth-order valence-corrected chi connectivity index (χ4v) is 20.4. The lowest BCUT2D eigenvalue weighted by Crippen LogP contribution is -2.69. The summed E-state index contributed by atoms with van der Waals surface area (Å²) in [5.41, 5.74) is 8.80. The maximum atomic E-state index is 16.0. The summed E-state index contributed by atoms with van der Waals surface area (Å²) in [6.07, 6.45) is 14.9. The second-order valence-corrected chi connectivity index (χ2v) is 30.0. The average Bonchev–Trinajstić information content (AvgIpc) is 0.802. The van der Waals surface area contributed by atoms with Gasteiger partial charge in [0.05, 0.1) is 11.5 Å². The first-order chi connectivity index (χ1) is 42.8. The monoisotopic (exact) mass is 1220 g/mol. The Morgan fingerprint density at radius 3 is 2.14 bits per heavy atom. The van der Waals surface area contributed by atoms with Crippen LogP contribution in [0.25, 0.3) is 28.0 Å². The van der Waals surface area contributed by atoms with Crippen molar-refractivity contribution in [2.45, 2.75) is 178 Å². The number of fused-ring (bicyclic) bond motifs is 10. The third-order valence-corrected chi connectivity index (χ3v) is 25.3. The Morgan fingerprint density at radius 1 is 0.744 bits per heavy atom. The SMILES string of the molecule is CC[N+](CC)=c1ccc2c(-c3ccccc3C(=O)N3CCN(C(=O)[C@]45CC[C@@H](C)[C@H](C)[C@H]4C4=CC[C@@H]6[C@@]7(C)C[C@@H](OC(C)=O)[C@H](OC(C)=O)[C@@](C)(COC(C)=O)[C@@H]7CC[C@@]6(C)[C@]4(C)CC5)CC3)c3c(oc-2c1)/C(=C\C=C1/N(C)c2ccccc2C1(C)C)CCC3. The van der Waals surface area contributed by atoms with Crippen LogP contribution in [-0.2, 0) is 45.2 Å². The van der Waals surface area contributed by atoms with E-state index in [9.17, 15) is 14.4 Å². The number of benzene rings is 3. The van der Waals surface area contributed by atoms with Gasteiger partial charge in [-0.05, 0) is 171 Å². The molecule has 4 saturated carbocycles. The van der Waals surface area contributed by atoms with Gasteiger partial charge in [-0.1, -0.05) is 110 Å². The molecule has 0 radical (unpaired) electrons. The molecule has 480 valence electrons. The zero-order chi connectivity index (χ0) is 64.2. The molecule has 1 saturated heterocycles. The molecule has 12 rings (SSSR count). The molecule has 0 aromatic heterocycles. The molecular formula is C77H99N4O9+. The molecule has 3 aliphatic heterocycles. The molecule has 13 heteroatoms. The normalized spacial score (nSPS) is 33.4. The minimum Gasteiger partial charge on any atom is -0.465 e. The number of nitrogens with zero attached hydrogens (tertiary/aromatic N) is 4. The maximum absolute atomic E-state index is 16.0. The number of piperazine rings is 1. The van der Waals surface area contributed by atoms with Crippen molar-refractivity contribution < 1.29 is 42.6 Å². The number of anilines is 1. The van der Waals surface area contributed by atoms with Crippen molar-refractivity contribution in [1.29, 1.82) is 0 Å². The van der Waals surface area contributed by atoms with Crippen LogP contribution in [0.4, 0.5) is 5.69 Å². The van der Waals surface area contributed by atoms with Crippen LogP contribution < -0.4 is 14.8 Å². The molecule has 2 amide bonds. The number of para-hydroxylation sites is 1. The van der Waals surface area contributed by atoms with Crippen molar-refractivity contribution in [2.24, 2.45) is 56.7 Å². The van der Waals surface area contributed by atoms with Crippen LogP contribution >= 0.6 is 0 Å². The number of esters is 3. The Kier molecular flexibility index (Phi) is 16.5. The number of hydrogen-bond donors (Lipinski definition) is 0. The van der Waals surface area contributed by atoms with Gasteiger partial charge in [0.1, 0.15) is 43.4 Å². The fraction of sp³-hybridized carbons (Fsp3) is 0.584. The lowest BCUT2D eigenvalue weighted by molar-refractivity contribution is -0.256. The topological polar surface area (TPSA) is 139 Å². The number of rotatable bonds is 10. The Hall–Kier alpha value is -6.76. The van der Waals surface area contributed by atoms with Gasteiger partial charge in [-0.2, -0.15) is 0 Å². The van der Waals surface area contributed by atoms with Crippen LogP contribution in [-0.4, -0.2) is 105 Å². The maximum Gasteiger partial charge on any atom is 0.303 e. The van der Waals surface area contributed by atoms with E-state index in [0.717, 1.165) is 122 Å². The van der Waals surface area contributed by atoms with E-state index >= 15 is 9.59 Å². The Morgan fingerprint density at radius 2 is 1.44 bits per heavy atom. The van der Waals surface area contributed by atoms with Crippen LogP contribution in [0.2, 0.25) is 0 Å². The number of likely N-dealkylation sites (N-methyl/N-ethyl adjacent to an activating group) is 1. The van der Waals surface area contributed by atoms with Gasteiger partial charge in [0.2, 0.25) is 11.3 Å². The Labute approximate surface area is 534 Å². The van der Waals surface area contributed by atoms with E-state index in [-0.39, 0.29) is 63.8 Å². The quantitative estimate of drug-likeness (QED) is 0.0652. The van der Waals surface area contributed by atoms with Gasteiger partial charge in [0.25, 0.3) is 5.91 Å². The van der Waals surface area contributed by atoms with E-state index in [1.165, 1.54) is 43.3 Å². The summed E-state index contributed by atoms with van der Waals surface area (Å²) in [5.74, 6) is 1.56. The molecule has 90 heavy (non-hydrogen) atoms. The second kappa shape index (κ2) is 23.4. The van der Waals surface area contributed by atoms with E-state index in [0.29, 0.717) is 44.1 Å². The highest BCUT2D eigenvalue weighted by Crippen LogP contribution is 2.76. The number of carbonyl (C=O) groups is 5. The number of amides is 2. The summed E-state index contributed by atoms with van der Waals surface area (Å²) < 4.78 is 27.7. The van der Waals surface area contributed by atoms with Crippen molar-refractivity contribution in [3.05, 3.63) is 124 Å². The highest BCUT2D eigenvalue weighted by atomic mass is 16.6. The number of carbonyl (C=O) groups excluding carboxylic acids is 5. The van der Waals surface area contributed by atoms with Crippen LogP contribution in [0.15, 0.2) is 101 Å². The molecule has 2 aromatic carbocycles. The molecule has 13 nitrogen and oxygen atoms in total. The molecule has 2 aromatic rings. The molecule has 12 atom stereocenters. The molecule has 0 bridgehead atoms. The molecule has 10 aliphatic rings. The first-order valence-electron chi connectivity index (χ1n) is 34.1. The van der Waals surface area contributed by atoms with Crippen LogP contribution in [0, 0.1) is 56.7 Å². The highest BCUT2D eigenvalue weighted by molar-refractivity contribution is 6.04. The number of ether oxygens (including phenoxy) is 3. The molecule has 5 fully saturated rings. The van der Waals surface area contributed by atoms with Crippen molar-refractivity contribution in [3.63, 3.8) is 0 Å². The van der Waals surface area contributed by atoms with Gasteiger partial charge in [0.15, 0.2) is 0 Å². The van der Waals surface area contributed by atoms with Gasteiger partial charge < -0.3 is 33.3 Å². The lowest BCUT2D eigenvalue weighted by Gasteiger charge is -2.72. The van der Waals surface area contributed by atoms with Crippen LogP contribution in [0.1, 0.15) is 181 Å². The van der Waals surface area contributed by atoms with Gasteiger partial charge in [-0.3, -0.25) is 24.0 Å². The summed E-state index contributed by atoms with van der Waals surface area (Å²) in [6.45, 7) is 31.0. The largest absolute Gasteiger partial charge is 0.465 e. The molecule has 7 aliphatic carbocycles. The average molecular weight is 1220 g/mol. The van der Waals surface area contributed by atoms with Crippen LogP contribution in [0.3, 0.4) is 0 Å². The van der Waals surface area contributed by atoms with Gasteiger partial charge >= 0.3 is 17.9 Å². The van der Waals surface area contributed by atoms with E-state index < -0.39 is 40.9 Å². The summed E-state index contributed by atoms with van der Waals surface area (Å²) in [5, 5.41) is 1.10. The van der Waals surface area contributed by atoms with E-state index in [1.807, 2.05) is 17.0 Å². The van der Waals surface area contributed by atoms with E-state index in [4.69, 9.17) is 18.6 Å². The molecular weight excluding hydrogens is 1120 g/mol. The first kappa shape index (κ1) is 63.4. The summed E-state index contributed by atoms with van der Waals surface area (Å²) >= 11 is 0. The molecule has 0 unspecified atom stereocenters. The smallest absolute Gasteiger partial charge is 0.303 e. The zero-order valence-electron chi connectivity index (χ0n) is 56.3. The van der Waals surface area contributed by atoms with Crippen molar-refractivity contribution in [1.82, 2.24) is 14.4 Å². The van der Waals surface area contributed by atoms with Gasteiger partial charge in [0, 0.05) is 105 Å². The summed E-state index contributed by atoms with van der Waals surface area (Å²) in [7, 11) is 2.16.